The van der Waals surface area contributed by atoms with Gasteiger partial charge in [-0.15, -0.1) is 0 Å². The number of rotatable bonds is 5. The van der Waals surface area contributed by atoms with Crippen LogP contribution in [0.1, 0.15) is 57.0 Å². The van der Waals surface area contributed by atoms with Gasteiger partial charge in [0, 0.05) is 12.1 Å². The van der Waals surface area contributed by atoms with Gasteiger partial charge < -0.3 is 9.88 Å². The zero-order chi connectivity index (χ0) is 22.1. The SMILES string of the molecule is Cc1ccc(C(=O)NC(C)c2nc3ccccc3n2Cc2cc(C)ccc2C)c(C)c1. The summed E-state index contributed by atoms with van der Waals surface area (Å²) in [5, 5.41) is 3.16. The molecule has 0 bridgehead atoms. The number of aryl methyl sites for hydroxylation is 4. The van der Waals surface area contributed by atoms with Gasteiger partial charge in [0.25, 0.3) is 5.91 Å². The van der Waals surface area contributed by atoms with E-state index in [0.717, 1.165) is 28.0 Å². The van der Waals surface area contributed by atoms with E-state index in [1.807, 2.05) is 57.2 Å². The van der Waals surface area contributed by atoms with Crippen LogP contribution in [0.2, 0.25) is 0 Å². The van der Waals surface area contributed by atoms with Crippen molar-refractivity contribution in [3.05, 3.63) is 99.9 Å². The minimum Gasteiger partial charge on any atom is -0.342 e. The number of hydrogen-bond acceptors (Lipinski definition) is 2. The first-order chi connectivity index (χ1) is 14.8. The number of carbonyl (C=O) groups excluding carboxylic acids is 1. The fourth-order valence-corrected chi connectivity index (χ4v) is 4.14. The van der Waals surface area contributed by atoms with E-state index in [1.54, 1.807) is 0 Å². The van der Waals surface area contributed by atoms with Crippen molar-refractivity contribution >= 4 is 16.9 Å². The van der Waals surface area contributed by atoms with Crippen molar-refractivity contribution < 1.29 is 4.79 Å². The molecule has 0 fully saturated rings. The Morgan fingerprint density at radius 1 is 0.935 bits per heavy atom. The standard InChI is InChI=1S/C27H29N3O/c1-17-11-13-23(20(4)14-17)27(31)28-21(5)26-29-24-8-6-7-9-25(24)30(26)16-22-15-18(2)10-12-19(22)3/h6-15,21H,16H2,1-5H3,(H,28,31). The number of imidazole rings is 1. The Bertz CT molecular complexity index is 1270. The van der Waals surface area contributed by atoms with Crippen LogP contribution in [-0.4, -0.2) is 15.5 Å². The maximum Gasteiger partial charge on any atom is 0.252 e. The van der Waals surface area contributed by atoms with Gasteiger partial charge in [-0.3, -0.25) is 4.79 Å². The third kappa shape index (κ3) is 4.24. The lowest BCUT2D eigenvalue weighted by Gasteiger charge is -2.18. The molecular weight excluding hydrogens is 382 g/mol. The largest absolute Gasteiger partial charge is 0.342 e. The molecule has 0 aliphatic carbocycles. The highest BCUT2D eigenvalue weighted by Crippen LogP contribution is 2.24. The van der Waals surface area contributed by atoms with Gasteiger partial charge in [-0.1, -0.05) is 53.6 Å². The van der Waals surface area contributed by atoms with Gasteiger partial charge in [0.15, 0.2) is 0 Å². The van der Waals surface area contributed by atoms with Crippen LogP contribution in [-0.2, 0) is 6.54 Å². The number of amides is 1. The molecule has 4 rings (SSSR count). The Kier molecular flexibility index (Phi) is 5.64. The molecule has 0 radical (unpaired) electrons. The van der Waals surface area contributed by atoms with Crippen molar-refractivity contribution in [3.63, 3.8) is 0 Å². The summed E-state index contributed by atoms with van der Waals surface area (Å²) >= 11 is 0. The van der Waals surface area contributed by atoms with E-state index in [-0.39, 0.29) is 11.9 Å². The topological polar surface area (TPSA) is 46.9 Å². The van der Waals surface area contributed by atoms with Crippen LogP contribution in [0.5, 0.6) is 0 Å². The molecule has 0 saturated carbocycles. The Morgan fingerprint density at radius 3 is 2.42 bits per heavy atom. The van der Waals surface area contributed by atoms with Crippen molar-refractivity contribution in [2.75, 3.05) is 0 Å². The maximum atomic E-state index is 13.0. The summed E-state index contributed by atoms with van der Waals surface area (Å²) in [7, 11) is 0. The molecule has 1 N–H and O–H groups in total. The van der Waals surface area contributed by atoms with E-state index >= 15 is 0 Å². The number of nitrogens with one attached hydrogen (secondary N) is 1. The van der Waals surface area contributed by atoms with Crippen LogP contribution in [0.3, 0.4) is 0 Å². The molecule has 0 aliphatic rings. The van der Waals surface area contributed by atoms with Crippen LogP contribution in [0.15, 0.2) is 60.7 Å². The quantitative estimate of drug-likeness (QED) is 0.450. The summed E-state index contributed by atoms with van der Waals surface area (Å²) in [5.41, 5.74) is 8.60. The molecule has 1 heterocycles. The number of benzene rings is 3. The van der Waals surface area contributed by atoms with Crippen LogP contribution >= 0.6 is 0 Å². The minimum absolute atomic E-state index is 0.0738. The van der Waals surface area contributed by atoms with Crippen LogP contribution in [0.4, 0.5) is 0 Å². The number of fused-ring (bicyclic) bond motifs is 1. The maximum absolute atomic E-state index is 13.0. The molecule has 4 aromatic rings. The molecule has 1 atom stereocenters. The number of hydrogen-bond donors (Lipinski definition) is 1. The lowest BCUT2D eigenvalue weighted by atomic mass is 10.0. The average molecular weight is 412 g/mol. The van der Waals surface area contributed by atoms with Gasteiger partial charge in [-0.25, -0.2) is 4.98 Å². The molecular formula is C27H29N3O. The van der Waals surface area contributed by atoms with Gasteiger partial charge in [-0.2, -0.15) is 0 Å². The number of para-hydroxylation sites is 2. The number of aromatic nitrogens is 2. The predicted molar refractivity (Wildman–Crippen MR) is 127 cm³/mol. The Morgan fingerprint density at radius 2 is 1.65 bits per heavy atom. The van der Waals surface area contributed by atoms with Crippen molar-refractivity contribution in [1.29, 1.82) is 0 Å². The van der Waals surface area contributed by atoms with Crippen LogP contribution in [0.25, 0.3) is 11.0 Å². The van der Waals surface area contributed by atoms with Gasteiger partial charge >= 0.3 is 0 Å². The van der Waals surface area contributed by atoms with Gasteiger partial charge in [0.1, 0.15) is 5.82 Å². The highest BCUT2D eigenvalue weighted by Gasteiger charge is 2.20. The highest BCUT2D eigenvalue weighted by molar-refractivity contribution is 5.96. The summed E-state index contributed by atoms with van der Waals surface area (Å²) in [6.07, 6.45) is 0. The Balaban J connectivity index is 1.70. The lowest BCUT2D eigenvalue weighted by Crippen LogP contribution is -2.29. The summed E-state index contributed by atoms with van der Waals surface area (Å²) in [6.45, 7) is 11.0. The summed E-state index contributed by atoms with van der Waals surface area (Å²) in [6, 6.07) is 20.4. The van der Waals surface area contributed by atoms with Crippen molar-refractivity contribution in [3.8, 4) is 0 Å². The molecule has 4 heteroatoms. The molecule has 3 aromatic carbocycles. The average Bonchev–Trinajstić information content (AvgIpc) is 3.09. The molecule has 0 spiro atoms. The molecule has 1 aromatic heterocycles. The van der Waals surface area contributed by atoms with E-state index < -0.39 is 0 Å². The first-order valence-electron chi connectivity index (χ1n) is 10.7. The van der Waals surface area contributed by atoms with Gasteiger partial charge in [-0.05, 0) is 69.5 Å². The smallest absolute Gasteiger partial charge is 0.252 e. The molecule has 1 amide bonds. The molecule has 0 saturated heterocycles. The first kappa shape index (κ1) is 20.9. The number of nitrogens with zero attached hydrogens (tertiary/aromatic N) is 2. The van der Waals surface area contributed by atoms with E-state index in [0.29, 0.717) is 12.1 Å². The van der Waals surface area contributed by atoms with Crippen molar-refractivity contribution in [2.24, 2.45) is 0 Å². The van der Waals surface area contributed by atoms with E-state index in [2.05, 4.69) is 48.0 Å². The zero-order valence-corrected chi connectivity index (χ0v) is 18.9. The van der Waals surface area contributed by atoms with Crippen LogP contribution in [0, 0.1) is 27.7 Å². The lowest BCUT2D eigenvalue weighted by molar-refractivity contribution is 0.0937. The van der Waals surface area contributed by atoms with Gasteiger partial charge in [0.2, 0.25) is 0 Å². The highest BCUT2D eigenvalue weighted by atomic mass is 16.1. The van der Waals surface area contributed by atoms with Crippen LogP contribution < -0.4 is 5.32 Å². The van der Waals surface area contributed by atoms with Crippen molar-refractivity contribution in [2.45, 2.75) is 47.2 Å². The molecule has 158 valence electrons. The monoisotopic (exact) mass is 411 g/mol. The zero-order valence-electron chi connectivity index (χ0n) is 18.9. The third-order valence-electron chi connectivity index (χ3n) is 5.88. The number of carbonyl (C=O) groups is 1. The first-order valence-corrected chi connectivity index (χ1v) is 10.7. The molecule has 1 unspecified atom stereocenters. The Hall–Kier alpha value is -3.40. The van der Waals surface area contributed by atoms with Gasteiger partial charge in [0.05, 0.1) is 17.1 Å². The van der Waals surface area contributed by atoms with E-state index in [4.69, 9.17) is 4.98 Å². The minimum atomic E-state index is -0.231. The summed E-state index contributed by atoms with van der Waals surface area (Å²) in [5.74, 6) is 0.788. The predicted octanol–water partition coefficient (Wildman–Crippen LogP) is 5.81. The normalized spacial score (nSPS) is 12.2. The second kappa shape index (κ2) is 8.38. The second-order valence-corrected chi connectivity index (χ2v) is 8.49. The fraction of sp³-hybridized carbons (Fsp3) is 0.259. The second-order valence-electron chi connectivity index (χ2n) is 8.49. The van der Waals surface area contributed by atoms with E-state index in [1.165, 1.54) is 16.7 Å². The fourth-order valence-electron chi connectivity index (χ4n) is 4.14. The van der Waals surface area contributed by atoms with Crippen molar-refractivity contribution in [1.82, 2.24) is 14.9 Å². The molecule has 31 heavy (non-hydrogen) atoms. The molecule has 0 aliphatic heterocycles. The third-order valence-corrected chi connectivity index (χ3v) is 5.88. The molecule has 4 nitrogen and oxygen atoms in total. The Labute approximate surface area is 183 Å². The van der Waals surface area contributed by atoms with E-state index in [9.17, 15) is 4.79 Å². The summed E-state index contributed by atoms with van der Waals surface area (Å²) < 4.78 is 2.23. The summed E-state index contributed by atoms with van der Waals surface area (Å²) in [4.78, 5) is 17.9.